The molecule has 0 aromatic heterocycles. The van der Waals surface area contributed by atoms with Crippen molar-refractivity contribution in [3.05, 3.63) is 0 Å². The Balaban J connectivity index is -0.0000000651. The van der Waals surface area contributed by atoms with E-state index in [1.165, 1.54) is 0 Å². The Morgan fingerprint density at radius 1 is 1.46 bits per heavy atom. The fourth-order valence-corrected chi connectivity index (χ4v) is 0.144. The minimum Gasteiger partial charge on any atom is -1.00 e. The maximum Gasteiger partial charge on any atom is 1.00 e. The summed E-state index contributed by atoms with van der Waals surface area (Å²) in [5.41, 5.74) is 4.85. The molecule has 0 fully saturated rings. The molecule has 0 unspecified atom stereocenters. The van der Waals surface area contributed by atoms with Gasteiger partial charge in [-0.25, -0.2) is 0 Å². The van der Waals surface area contributed by atoms with Gasteiger partial charge in [0.05, 0.1) is 0 Å². The molecule has 0 radical (unpaired) electrons. The molecule has 0 amide bonds. The maximum atomic E-state index is 9.60. The second-order valence-corrected chi connectivity index (χ2v) is 3.96. The van der Waals surface area contributed by atoms with Gasteiger partial charge in [0.1, 0.15) is 5.60 Å². The van der Waals surface area contributed by atoms with Crippen LogP contribution >= 0.6 is 0 Å². The Kier molecular flexibility index (Phi) is 15.4. The minimum absolute atomic E-state index is 0. The van der Waals surface area contributed by atoms with Gasteiger partial charge < -0.3 is 11.9 Å². The van der Waals surface area contributed by atoms with Crippen molar-refractivity contribution in [2.24, 2.45) is 11.7 Å². The van der Waals surface area contributed by atoms with Crippen molar-refractivity contribution in [3.8, 4) is 0 Å². The second-order valence-electron chi connectivity index (χ2n) is 3.96. The van der Waals surface area contributed by atoms with E-state index in [2.05, 4.69) is 18.6 Å². The molecule has 0 spiro atoms. The van der Waals surface area contributed by atoms with E-state index >= 15 is 0 Å². The first-order chi connectivity index (χ1) is 5.33. The molecule has 0 saturated heterocycles. The van der Waals surface area contributed by atoms with Crippen LogP contribution in [0.4, 0.5) is 0 Å². The van der Waals surface area contributed by atoms with Crippen LogP contribution in [0.5, 0.6) is 0 Å². The average Bonchev–Trinajstić information content (AvgIpc) is 1.86. The van der Waals surface area contributed by atoms with Crippen LogP contribution in [0, 0.1) is 5.92 Å². The first-order valence-corrected chi connectivity index (χ1v) is 4.15. The van der Waals surface area contributed by atoms with E-state index in [0.717, 1.165) is 6.54 Å². The summed E-state index contributed by atoms with van der Waals surface area (Å²) in [6.45, 7) is 10.9. The summed E-state index contributed by atoms with van der Waals surface area (Å²) in [6, 6.07) is 0. The van der Waals surface area contributed by atoms with Crippen molar-refractivity contribution in [1.29, 1.82) is 0 Å². The predicted octanol–water partition coefficient (Wildman–Crippen LogP) is -1.32. The minimum atomic E-state index is -0.318. The van der Waals surface area contributed by atoms with Crippen LogP contribution in [0.3, 0.4) is 0 Å². The Bertz CT molecular complexity index is 116. The zero-order valence-corrected chi connectivity index (χ0v) is 11.8. The second kappa shape index (κ2) is 10.5. The molecule has 2 N–H and O–H groups in total. The molecule has 0 rings (SSSR count). The van der Waals surface area contributed by atoms with Crippen molar-refractivity contribution in [1.82, 2.24) is 0 Å². The van der Waals surface area contributed by atoms with Gasteiger partial charge in [0, 0.05) is 0 Å². The van der Waals surface area contributed by atoms with Crippen LogP contribution < -0.4 is 35.3 Å². The molecule has 0 atom stereocenters. The third-order valence-corrected chi connectivity index (χ3v) is 0.873. The van der Waals surface area contributed by atoms with E-state index in [9.17, 15) is 4.79 Å². The number of nitrogens with two attached hydrogens (primary N) is 1. The van der Waals surface area contributed by atoms with Crippen LogP contribution in [-0.4, -0.2) is 18.6 Å². The molecule has 0 aliphatic heterocycles. The molecule has 3 nitrogen and oxygen atoms in total. The smallest absolute Gasteiger partial charge is 1.00 e. The molecule has 76 valence electrons. The Labute approximate surface area is 105 Å². The van der Waals surface area contributed by atoms with Crippen molar-refractivity contribution < 1.29 is 40.5 Å². The van der Waals surface area contributed by atoms with E-state index in [1.807, 2.05) is 20.8 Å². The van der Waals surface area contributed by atoms with Gasteiger partial charge in [-0.1, -0.05) is 13.8 Å². The molecule has 0 bridgehead atoms. The predicted molar refractivity (Wildman–Crippen MR) is 51.9 cm³/mol. The molecule has 4 heteroatoms. The summed E-state index contributed by atoms with van der Waals surface area (Å²) in [4.78, 5) is 9.60. The van der Waals surface area contributed by atoms with Crippen molar-refractivity contribution >= 4 is 6.47 Å². The molecule has 0 aromatic rings. The number of carbonyl (C=O) groups is 1. The van der Waals surface area contributed by atoms with E-state index in [4.69, 9.17) is 5.73 Å². The Morgan fingerprint density at radius 3 is 1.77 bits per heavy atom. The quantitative estimate of drug-likeness (QED) is 0.443. The zero-order valence-electron chi connectivity index (χ0n) is 10.8. The molecule has 0 saturated carbocycles. The van der Waals surface area contributed by atoms with Gasteiger partial charge >= 0.3 is 29.6 Å². The van der Waals surface area contributed by atoms with Crippen LogP contribution in [0.15, 0.2) is 0 Å². The Hall–Kier alpha value is 0.430. The standard InChI is InChI=1S/C5H10O2.C4H11N.Na.H/c1-5(2,3)7-4-6;1-4(2)3-5;;/h4H,1-3H3;4H,3,5H2,1-2H3;;/q;;+1;-1. The van der Waals surface area contributed by atoms with Gasteiger partial charge in [0.2, 0.25) is 0 Å². The third-order valence-electron chi connectivity index (χ3n) is 0.873. The largest absolute Gasteiger partial charge is 1.00 e. The molecule has 0 aliphatic rings. The normalized spacial score (nSPS) is 9.46. The van der Waals surface area contributed by atoms with Crippen molar-refractivity contribution in [2.45, 2.75) is 40.2 Å². The topological polar surface area (TPSA) is 52.3 Å². The summed E-state index contributed by atoms with van der Waals surface area (Å²) >= 11 is 0. The van der Waals surface area contributed by atoms with E-state index in [-0.39, 0.29) is 36.6 Å². The monoisotopic (exact) mass is 199 g/mol. The number of rotatable bonds is 2. The molecule has 0 aliphatic carbocycles. The fourth-order valence-electron chi connectivity index (χ4n) is 0.144. The van der Waals surface area contributed by atoms with Gasteiger partial charge in [0.15, 0.2) is 0 Å². The van der Waals surface area contributed by atoms with E-state index < -0.39 is 0 Å². The van der Waals surface area contributed by atoms with E-state index in [0.29, 0.717) is 12.4 Å². The molecular formula is C9H22NNaO2. The van der Waals surface area contributed by atoms with Crippen molar-refractivity contribution in [2.75, 3.05) is 6.54 Å². The van der Waals surface area contributed by atoms with Gasteiger partial charge in [-0.3, -0.25) is 4.79 Å². The number of carbonyl (C=O) groups excluding carboxylic acids is 1. The molecule has 13 heavy (non-hydrogen) atoms. The van der Waals surface area contributed by atoms with Crippen molar-refractivity contribution in [3.63, 3.8) is 0 Å². The van der Waals surface area contributed by atoms with E-state index in [1.54, 1.807) is 0 Å². The molecular weight excluding hydrogens is 177 g/mol. The molecule has 0 aromatic carbocycles. The van der Waals surface area contributed by atoms with Crippen LogP contribution in [-0.2, 0) is 9.53 Å². The van der Waals surface area contributed by atoms with Crippen LogP contribution in [0.1, 0.15) is 36.0 Å². The average molecular weight is 199 g/mol. The molecule has 0 heterocycles. The zero-order chi connectivity index (χ0) is 10.2. The number of hydrogen-bond donors (Lipinski definition) is 1. The van der Waals surface area contributed by atoms with Gasteiger partial charge in [-0.05, 0) is 33.2 Å². The summed E-state index contributed by atoms with van der Waals surface area (Å²) in [5.74, 6) is 0.662. The Morgan fingerprint density at radius 2 is 1.77 bits per heavy atom. The van der Waals surface area contributed by atoms with Crippen LogP contribution in [0.2, 0.25) is 0 Å². The SMILES string of the molecule is CC(C)(C)OC=O.CC(C)CN.[H-].[Na+]. The summed E-state index contributed by atoms with van der Waals surface area (Å²) < 4.78 is 4.55. The van der Waals surface area contributed by atoms with Gasteiger partial charge in [-0.2, -0.15) is 0 Å². The summed E-state index contributed by atoms with van der Waals surface area (Å²) in [7, 11) is 0. The third kappa shape index (κ3) is 32.7. The summed E-state index contributed by atoms with van der Waals surface area (Å²) in [6.07, 6.45) is 0. The number of hydrogen-bond acceptors (Lipinski definition) is 3. The number of ether oxygens (including phenoxy) is 1. The fraction of sp³-hybridized carbons (Fsp3) is 0.889. The first kappa shape index (κ1) is 19.1. The van der Waals surface area contributed by atoms with Gasteiger partial charge in [0.25, 0.3) is 6.47 Å². The van der Waals surface area contributed by atoms with Gasteiger partial charge in [-0.15, -0.1) is 0 Å². The van der Waals surface area contributed by atoms with Crippen LogP contribution in [0.25, 0.3) is 0 Å². The maximum absolute atomic E-state index is 9.60. The summed E-state index contributed by atoms with van der Waals surface area (Å²) in [5, 5.41) is 0. The first-order valence-electron chi connectivity index (χ1n) is 4.15.